The number of aryl methyl sites for hydroxylation is 2. The number of esters is 2. The molecule has 3 aromatic rings. The Balaban J connectivity index is 1.90. The Morgan fingerprint density at radius 3 is 1.85 bits per heavy atom. The maximum atomic E-state index is 12.8. The Kier molecular flexibility index (Phi) is 7.87. The maximum absolute atomic E-state index is 12.8. The zero-order valence-electron chi connectivity index (χ0n) is 20.2. The SMILES string of the molecule is Cc1cccc(C(=O)Oc2ccc(C(O)CNC(C)(C)C)cc2OC(=O)c2cccc(C)c2)c1. The number of aliphatic hydroxyl groups excluding tert-OH is 1. The van der Waals surface area contributed by atoms with Crippen molar-refractivity contribution >= 4 is 11.9 Å². The van der Waals surface area contributed by atoms with Gasteiger partial charge in [0.25, 0.3) is 0 Å². The molecule has 0 radical (unpaired) electrons. The van der Waals surface area contributed by atoms with E-state index in [2.05, 4.69) is 5.32 Å². The Hall–Kier alpha value is -3.48. The van der Waals surface area contributed by atoms with Crippen molar-refractivity contribution in [3.63, 3.8) is 0 Å². The number of ether oxygens (including phenoxy) is 2. The highest BCUT2D eigenvalue weighted by Crippen LogP contribution is 2.32. The van der Waals surface area contributed by atoms with E-state index in [0.29, 0.717) is 23.2 Å². The molecule has 6 nitrogen and oxygen atoms in total. The van der Waals surface area contributed by atoms with Crippen LogP contribution in [0.25, 0.3) is 0 Å². The van der Waals surface area contributed by atoms with Crippen LogP contribution in [0, 0.1) is 13.8 Å². The third-order valence-corrected chi connectivity index (χ3v) is 5.09. The predicted molar refractivity (Wildman–Crippen MR) is 131 cm³/mol. The van der Waals surface area contributed by atoms with Crippen molar-refractivity contribution in [1.82, 2.24) is 5.32 Å². The van der Waals surface area contributed by atoms with E-state index in [9.17, 15) is 14.7 Å². The summed E-state index contributed by atoms with van der Waals surface area (Å²) < 4.78 is 11.2. The Bertz CT molecular complexity index is 1180. The average molecular weight is 462 g/mol. The van der Waals surface area contributed by atoms with E-state index in [1.807, 2.05) is 46.8 Å². The summed E-state index contributed by atoms with van der Waals surface area (Å²) in [5.41, 5.74) is 2.94. The summed E-state index contributed by atoms with van der Waals surface area (Å²) in [5, 5.41) is 13.9. The van der Waals surface area contributed by atoms with Gasteiger partial charge in [0.05, 0.1) is 17.2 Å². The van der Waals surface area contributed by atoms with Crippen LogP contribution in [0.1, 0.15) is 64.3 Å². The molecule has 0 saturated heterocycles. The predicted octanol–water partition coefficient (Wildman–Crippen LogP) is 5.16. The minimum absolute atomic E-state index is 0.0554. The summed E-state index contributed by atoms with van der Waals surface area (Å²) >= 11 is 0. The number of β-amino-alcohol motifs (C(OH)–C–C–N with tert-alkyl or cyclic N) is 1. The molecule has 1 unspecified atom stereocenters. The van der Waals surface area contributed by atoms with Gasteiger partial charge >= 0.3 is 11.9 Å². The first-order chi connectivity index (χ1) is 16.0. The number of aliphatic hydroxyl groups is 1. The van der Waals surface area contributed by atoms with Gasteiger partial charge in [0, 0.05) is 12.1 Å². The summed E-state index contributed by atoms with van der Waals surface area (Å²) in [6.07, 6.45) is -0.850. The summed E-state index contributed by atoms with van der Waals surface area (Å²) in [7, 11) is 0. The van der Waals surface area contributed by atoms with E-state index < -0.39 is 18.0 Å². The van der Waals surface area contributed by atoms with Crippen LogP contribution in [0.5, 0.6) is 11.5 Å². The lowest BCUT2D eigenvalue weighted by Gasteiger charge is -2.23. The zero-order valence-corrected chi connectivity index (χ0v) is 20.2. The van der Waals surface area contributed by atoms with Crippen LogP contribution in [0.15, 0.2) is 66.7 Å². The number of rotatable bonds is 7. The summed E-state index contributed by atoms with van der Waals surface area (Å²) in [6, 6.07) is 18.8. The molecule has 0 fully saturated rings. The van der Waals surface area contributed by atoms with Crippen molar-refractivity contribution < 1.29 is 24.2 Å². The number of hydrogen-bond acceptors (Lipinski definition) is 6. The van der Waals surface area contributed by atoms with Crippen LogP contribution in [0.3, 0.4) is 0 Å². The van der Waals surface area contributed by atoms with Gasteiger partial charge in [-0.15, -0.1) is 0 Å². The third kappa shape index (κ3) is 7.01. The molecule has 2 N–H and O–H groups in total. The molecule has 178 valence electrons. The van der Waals surface area contributed by atoms with Gasteiger partial charge in [-0.3, -0.25) is 0 Å². The molecule has 0 heterocycles. The van der Waals surface area contributed by atoms with E-state index in [0.717, 1.165) is 11.1 Å². The molecular formula is C28H31NO5. The van der Waals surface area contributed by atoms with Crippen LogP contribution in [0.4, 0.5) is 0 Å². The van der Waals surface area contributed by atoms with Gasteiger partial charge in [-0.25, -0.2) is 9.59 Å². The standard InChI is InChI=1S/C28H31NO5/c1-18-8-6-10-21(14-18)26(31)33-24-13-12-20(23(30)17-29-28(3,4)5)16-25(24)34-27(32)22-11-7-9-19(2)15-22/h6-16,23,29-30H,17H2,1-5H3. The molecule has 0 aliphatic heterocycles. The van der Waals surface area contributed by atoms with Gasteiger partial charge in [-0.2, -0.15) is 0 Å². The lowest BCUT2D eigenvalue weighted by Crippen LogP contribution is -2.38. The molecule has 3 aromatic carbocycles. The molecule has 1 atom stereocenters. The molecule has 0 spiro atoms. The van der Waals surface area contributed by atoms with E-state index >= 15 is 0 Å². The quantitative estimate of drug-likeness (QED) is 0.373. The van der Waals surface area contributed by atoms with Crippen LogP contribution < -0.4 is 14.8 Å². The van der Waals surface area contributed by atoms with Crippen molar-refractivity contribution in [2.75, 3.05) is 6.54 Å². The Labute approximate surface area is 200 Å². The second-order valence-electron chi connectivity index (χ2n) is 9.37. The number of carbonyl (C=O) groups excluding carboxylic acids is 2. The molecule has 0 amide bonds. The number of benzene rings is 3. The monoisotopic (exact) mass is 461 g/mol. The van der Waals surface area contributed by atoms with E-state index in [1.54, 1.807) is 42.5 Å². The minimum atomic E-state index is -0.850. The smallest absolute Gasteiger partial charge is 0.343 e. The normalized spacial score (nSPS) is 12.2. The lowest BCUT2D eigenvalue weighted by atomic mass is 10.1. The topological polar surface area (TPSA) is 84.9 Å². The Morgan fingerprint density at radius 1 is 0.824 bits per heavy atom. The highest BCUT2D eigenvalue weighted by atomic mass is 16.6. The number of hydrogen-bond donors (Lipinski definition) is 2. The first-order valence-corrected chi connectivity index (χ1v) is 11.2. The Morgan fingerprint density at radius 2 is 1.35 bits per heavy atom. The molecule has 0 aliphatic rings. The number of nitrogens with one attached hydrogen (secondary N) is 1. The van der Waals surface area contributed by atoms with Gasteiger partial charge in [-0.05, 0) is 76.6 Å². The molecule has 0 aliphatic carbocycles. The van der Waals surface area contributed by atoms with E-state index in [4.69, 9.17) is 9.47 Å². The van der Waals surface area contributed by atoms with Crippen LogP contribution in [-0.4, -0.2) is 29.1 Å². The fourth-order valence-electron chi connectivity index (χ4n) is 3.28. The lowest BCUT2D eigenvalue weighted by molar-refractivity contribution is 0.0681. The summed E-state index contributed by atoms with van der Waals surface area (Å²) in [6.45, 7) is 10.1. The van der Waals surface area contributed by atoms with Crippen molar-refractivity contribution in [2.24, 2.45) is 0 Å². The highest BCUT2D eigenvalue weighted by Gasteiger charge is 2.20. The fourth-order valence-corrected chi connectivity index (χ4v) is 3.28. The zero-order chi connectivity index (χ0) is 24.9. The average Bonchev–Trinajstić information content (AvgIpc) is 2.78. The molecule has 0 bridgehead atoms. The van der Waals surface area contributed by atoms with Crippen molar-refractivity contribution in [1.29, 1.82) is 0 Å². The van der Waals surface area contributed by atoms with Gasteiger partial charge < -0.3 is 19.9 Å². The molecule has 0 saturated carbocycles. The second kappa shape index (κ2) is 10.6. The molecule has 0 aromatic heterocycles. The first-order valence-electron chi connectivity index (χ1n) is 11.2. The molecule has 3 rings (SSSR count). The minimum Gasteiger partial charge on any atom is -0.419 e. The first kappa shape index (κ1) is 25.1. The van der Waals surface area contributed by atoms with Gasteiger partial charge in [0.2, 0.25) is 0 Å². The molecule has 6 heteroatoms. The summed E-state index contributed by atoms with van der Waals surface area (Å²) in [4.78, 5) is 25.5. The molecule has 34 heavy (non-hydrogen) atoms. The summed E-state index contributed by atoms with van der Waals surface area (Å²) in [5.74, 6) is -1.01. The highest BCUT2D eigenvalue weighted by molar-refractivity contribution is 5.93. The molecular weight excluding hydrogens is 430 g/mol. The largest absolute Gasteiger partial charge is 0.419 e. The van der Waals surface area contributed by atoms with Crippen molar-refractivity contribution in [3.8, 4) is 11.5 Å². The van der Waals surface area contributed by atoms with Gasteiger partial charge in [0.15, 0.2) is 11.5 Å². The van der Waals surface area contributed by atoms with Crippen LogP contribution in [0.2, 0.25) is 0 Å². The van der Waals surface area contributed by atoms with Gasteiger partial charge in [0.1, 0.15) is 0 Å². The fraction of sp³-hybridized carbons (Fsp3) is 0.286. The second-order valence-corrected chi connectivity index (χ2v) is 9.37. The van der Waals surface area contributed by atoms with E-state index in [-0.39, 0.29) is 17.0 Å². The van der Waals surface area contributed by atoms with Crippen LogP contribution in [-0.2, 0) is 0 Å². The number of carbonyl (C=O) groups is 2. The van der Waals surface area contributed by atoms with Crippen LogP contribution >= 0.6 is 0 Å². The van der Waals surface area contributed by atoms with Crippen molar-refractivity contribution in [3.05, 3.63) is 94.5 Å². The third-order valence-electron chi connectivity index (χ3n) is 5.09. The van der Waals surface area contributed by atoms with Crippen molar-refractivity contribution in [2.45, 2.75) is 46.3 Å². The van der Waals surface area contributed by atoms with E-state index in [1.165, 1.54) is 12.1 Å². The van der Waals surface area contributed by atoms with Gasteiger partial charge in [-0.1, -0.05) is 41.5 Å². The maximum Gasteiger partial charge on any atom is 0.343 e.